The first-order valence-corrected chi connectivity index (χ1v) is 5.43. The summed E-state index contributed by atoms with van der Waals surface area (Å²) in [6.45, 7) is 4.18. The van der Waals surface area contributed by atoms with Crippen LogP contribution in [-0.2, 0) is 0 Å². The molecule has 1 fully saturated rings. The molecule has 14 heavy (non-hydrogen) atoms. The van der Waals surface area contributed by atoms with E-state index < -0.39 is 0 Å². The van der Waals surface area contributed by atoms with Crippen molar-refractivity contribution in [2.45, 2.75) is 32.3 Å². The predicted molar refractivity (Wildman–Crippen MR) is 58.1 cm³/mol. The van der Waals surface area contributed by atoms with Crippen molar-refractivity contribution in [2.75, 3.05) is 0 Å². The number of rotatable bonds is 3. The second-order valence-corrected chi connectivity index (χ2v) is 4.65. The highest BCUT2D eigenvalue weighted by molar-refractivity contribution is 5.26. The van der Waals surface area contributed by atoms with Crippen LogP contribution in [0, 0.1) is 11.8 Å². The fourth-order valence-electron chi connectivity index (χ4n) is 2.17. The van der Waals surface area contributed by atoms with Gasteiger partial charge < -0.3 is 5.11 Å². The largest absolute Gasteiger partial charge is 0.393 e. The summed E-state index contributed by atoms with van der Waals surface area (Å²) in [6, 6.07) is 10.5. The van der Waals surface area contributed by atoms with Crippen LogP contribution in [0.25, 0.3) is 0 Å². The zero-order valence-corrected chi connectivity index (χ0v) is 8.85. The fraction of sp³-hybridized carbons (Fsp3) is 0.538. The minimum absolute atomic E-state index is 0.125. The Bertz CT molecular complexity index is 291. The lowest BCUT2D eigenvalue weighted by atomic mass is 9.99. The minimum atomic E-state index is -0.125. The van der Waals surface area contributed by atoms with E-state index in [9.17, 15) is 5.11 Å². The van der Waals surface area contributed by atoms with Gasteiger partial charge in [-0.05, 0) is 29.7 Å². The molecule has 76 valence electrons. The standard InChI is InChI=1S/C13H18O/c1-9(2)13(14)12-8-11(12)10-6-4-3-5-7-10/h3-7,9,11-14H,8H2,1-2H3/t11-,12-,13+/m1/s1. The molecular formula is C13H18O. The van der Waals surface area contributed by atoms with Crippen LogP contribution in [0.5, 0.6) is 0 Å². The van der Waals surface area contributed by atoms with E-state index in [0.717, 1.165) is 6.42 Å². The van der Waals surface area contributed by atoms with Crippen LogP contribution < -0.4 is 0 Å². The number of hydrogen-bond acceptors (Lipinski definition) is 1. The van der Waals surface area contributed by atoms with Crippen LogP contribution in [-0.4, -0.2) is 11.2 Å². The Kier molecular flexibility index (Phi) is 2.60. The molecule has 1 aliphatic carbocycles. The van der Waals surface area contributed by atoms with E-state index in [4.69, 9.17) is 0 Å². The Morgan fingerprint density at radius 2 is 1.86 bits per heavy atom. The summed E-state index contributed by atoms with van der Waals surface area (Å²) in [7, 11) is 0. The molecule has 1 heteroatoms. The molecule has 1 saturated carbocycles. The van der Waals surface area contributed by atoms with E-state index in [1.807, 2.05) is 6.07 Å². The van der Waals surface area contributed by atoms with Crippen molar-refractivity contribution in [3.8, 4) is 0 Å². The first kappa shape index (κ1) is 9.72. The Hall–Kier alpha value is -0.820. The van der Waals surface area contributed by atoms with Crippen molar-refractivity contribution in [3.63, 3.8) is 0 Å². The molecule has 0 aliphatic heterocycles. The molecule has 1 aromatic carbocycles. The van der Waals surface area contributed by atoms with E-state index in [1.165, 1.54) is 5.56 Å². The van der Waals surface area contributed by atoms with Crippen LogP contribution >= 0.6 is 0 Å². The van der Waals surface area contributed by atoms with Gasteiger partial charge in [0.15, 0.2) is 0 Å². The molecule has 0 spiro atoms. The van der Waals surface area contributed by atoms with Crippen LogP contribution in [0.3, 0.4) is 0 Å². The zero-order valence-electron chi connectivity index (χ0n) is 8.85. The normalized spacial score (nSPS) is 27.7. The van der Waals surface area contributed by atoms with Crippen LogP contribution in [0.15, 0.2) is 30.3 Å². The van der Waals surface area contributed by atoms with E-state index in [2.05, 4.69) is 38.1 Å². The Balaban J connectivity index is 2.00. The van der Waals surface area contributed by atoms with Crippen molar-refractivity contribution >= 4 is 0 Å². The molecule has 0 aromatic heterocycles. The number of benzene rings is 1. The van der Waals surface area contributed by atoms with Gasteiger partial charge >= 0.3 is 0 Å². The average molecular weight is 190 g/mol. The number of aliphatic hydroxyl groups is 1. The van der Waals surface area contributed by atoms with Gasteiger partial charge in [-0.2, -0.15) is 0 Å². The van der Waals surface area contributed by atoms with Crippen LogP contribution in [0.1, 0.15) is 31.7 Å². The summed E-state index contributed by atoms with van der Waals surface area (Å²) in [5, 5.41) is 9.90. The molecule has 0 unspecified atom stereocenters. The summed E-state index contributed by atoms with van der Waals surface area (Å²) in [5.74, 6) is 1.49. The first-order chi connectivity index (χ1) is 6.70. The lowest BCUT2D eigenvalue weighted by Gasteiger charge is -2.13. The van der Waals surface area contributed by atoms with E-state index >= 15 is 0 Å². The van der Waals surface area contributed by atoms with Gasteiger partial charge in [0.25, 0.3) is 0 Å². The number of hydrogen-bond donors (Lipinski definition) is 1. The maximum Gasteiger partial charge on any atom is 0.0597 e. The molecule has 3 atom stereocenters. The van der Waals surface area contributed by atoms with Crippen LogP contribution in [0.4, 0.5) is 0 Å². The highest BCUT2D eigenvalue weighted by Gasteiger charge is 2.43. The topological polar surface area (TPSA) is 20.2 Å². The van der Waals surface area contributed by atoms with Crippen molar-refractivity contribution in [1.29, 1.82) is 0 Å². The van der Waals surface area contributed by atoms with E-state index in [-0.39, 0.29) is 6.10 Å². The maximum absolute atomic E-state index is 9.90. The molecule has 0 saturated heterocycles. The second kappa shape index (κ2) is 3.74. The van der Waals surface area contributed by atoms with Gasteiger partial charge in [-0.3, -0.25) is 0 Å². The highest BCUT2D eigenvalue weighted by atomic mass is 16.3. The van der Waals surface area contributed by atoms with Gasteiger partial charge in [-0.25, -0.2) is 0 Å². The van der Waals surface area contributed by atoms with Gasteiger partial charge in [0.1, 0.15) is 0 Å². The van der Waals surface area contributed by atoms with Crippen molar-refractivity contribution in [1.82, 2.24) is 0 Å². The van der Waals surface area contributed by atoms with Gasteiger partial charge in [-0.15, -0.1) is 0 Å². The van der Waals surface area contributed by atoms with Crippen molar-refractivity contribution in [3.05, 3.63) is 35.9 Å². The molecule has 1 nitrogen and oxygen atoms in total. The maximum atomic E-state index is 9.90. The van der Waals surface area contributed by atoms with Gasteiger partial charge in [0.2, 0.25) is 0 Å². The zero-order chi connectivity index (χ0) is 10.1. The monoisotopic (exact) mass is 190 g/mol. The lowest BCUT2D eigenvalue weighted by Crippen LogP contribution is -2.17. The fourth-order valence-corrected chi connectivity index (χ4v) is 2.17. The molecular weight excluding hydrogens is 172 g/mol. The molecule has 0 heterocycles. The third kappa shape index (κ3) is 1.83. The first-order valence-electron chi connectivity index (χ1n) is 5.43. The molecule has 0 radical (unpaired) electrons. The third-order valence-electron chi connectivity index (χ3n) is 3.19. The van der Waals surface area contributed by atoms with Gasteiger partial charge in [0.05, 0.1) is 6.10 Å². The molecule has 2 rings (SSSR count). The molecule has 1 aromatic rings. The summed E-state index contributed by atoms with van der Waals surface area (Å²) in [4.78, 5) is 0. The molecule has 0 amide bonds. The Labute approximate surface area is 85.8 Å². The Morgan fingerprint density at radius 3 is 2.43 bits per heavy atom. The predicted octanol–water partition coefficient (Wildman–Crippen LogP) is 2.81. The SMILES string of the molecule is CC(C)[C@H](O)[C@@H]1C[C@@H]1c1ccccc1. The minimum Gasteiger partial charge on any atom is -0.393 e. The van der Waals surface area contributed by atoms with Gasteiger partial charge in [0, 0.05) is 0 Å². The van der Waals surface area contributed by atoms with E-state index in [0.29, 0.717) is 17.8 Å². The smallest absolute Gasteiger partial charge is 0.0597 e. The molecule has 1 N–H and O–H groups in total. The summed E-state index contributed by atoms with van der Waals surface area (Å²) < 4.78 is 0. The summed E-state index contributed by atoms with van der Waals surface area (Å²) in [5.41, 5.74) is 1.39. The number of aliphatic hydroxyl groups excluding tert-OH is 1. The lowest BCUT2D eigenvalue weighted by molar-refractivity contribution is 0.101. The van der Waals surface area contributed by atoms with Gasteiger partial charge in [-0.1, -0.05) is 44.2 Å². The Morgan fingerprint density at radius 1 is 1.21 bits per heavy atom. The molecule has 0 bridgehead atoms. The second-order valence-electron chi connectivity index (χ2n) is 4.65. The molecule has 1 aliphatic rings. The summed E-state index contributed by atoms with van der Waals surface area (Å²) >= 11 is 0. The quantitative estimate of drug-likeness (QED) is 0.777. The van der Waals surface area contributed by atoms with Crippen molar-refractivity contribution in [2.24, 2.45) is 11.8 Å². The van der Waals surface area contributed by atoms with Crippen molar-refractivity contribution < 1.29 is 5.11 Å². The van der Waals surface area contributed by atoms with Crippen LogP contribution in [0.2, 0.25) is 0 Å². The average Bonchev–Trinajstić information content (AvgIpc) is 2.97. The highest BCUT2D eigenvalue weighted by Crippen LogP contribution is 2.50. The summed E-state index contributed by atoms with van der Waals surface area (Å²) in [6.07, 6.45) is 1.03. The van der Waals surface area contributed by atoms with E-state index in [1.54, 1.807) is 0 Å². The third-order valence-corrected chi connectivity index (χ3v) is 3.19.